The standard InChI is InChI=1S/C22H23N5O3S.C13H13BrN4O.C9H12BNO4S/c1-14-9-15(2)11-17(10-14)22-24-13-27(25-22)12-20(21(23)28)16-3-7-19(8-4-16)31(29,30)26-18-5-6-18;1-8-3-9(2)5-10(4-8)13-16-7-18(17-13)6-11(14)12(15)19;12-10(13)7-1-5-9(6-2-7)16(14,15)11-8-3-4-8/h3-4,7-13,18,26H,5-6H2,1-2H3,(H2,23,28);3-7H,1-2H3,(H2,15,19);1-2,5-6,8,11-13H,3-4H2/b20-12+;11-6-;. The van der Waals surface area contributed by atoms with Gasteiger partial charge in [-0.25, -0.2) is 45.6 Å². The molecule has 2 aromatic heterocycles. The molecule has 2 fully saturated rings. The van der Waals surface area contributed by atoms with Crippen LogP contribution in [0.2, 0.25) is 0 Å². The summed E-state index contributed by atoms with van der Waals surface area (Å²) in [5.74, 6) is -0.0779. The summed E-state index contributed by atoms with van der Waals surface area (Å²) in [6.07, 6.45) is 9.45. The molecule has 22 heteroatoms. The number of carbonyl (C=O) groups excluding carboxylic acids is 2. The van der Waals surface area contributed by atoms with E-state index >= 15 is 0 Å². The third-order valence-electron chi connectivity index (χ3n) is 9.75. The maximum atomic E-state index is 12.3. The normalized spacial score (nSPS) is 14.1. The van der Waals surface area contributed by atoms with Crippen LogP contribution in [0, 0.1) is 27.7 Å². The minimum Gasteiger partial charge on any atom is -0.423 e. The van der Waals surface area contributed by atoms with Gasteiger partial charge < -0.3 is 21.5 Å². The number of aryl methyl sites for hydroxylation is 4. The molecule has 2 saturated carbocycles. The summed E-state index contributed by atoms with van der Waals surface area (Å²) in [4.78, 5) is 31.8. The number of aromatic nitrogens is 6. The number of rotatable bonds is 14. The quantitative estimate of drug-likeness (QED) is 0.0676. The van der Waals surface area contributed by atoms with Gasteiger partial charge in [0.25, 0.3) is 11.8 Å². The molecule has 344 valence electrons. The van der Waals surface area contributed by atoms with Crippen LogP contribution >= 0.6 is 15.9 Å². The van der Waals surface area contributed by atoms with Crippen molar-refractivity contribution in [1.29, 1.82) is 0 Å². The molecule has 18 nitrogen and oxygen atoms in total. The van der Waals surface area contributed by atoms with Gasteiger partial charge in [-0.05, 0) is 129 Å². The smallest absolute Gasteiger partial charge is 0.423 e. The van der Waals surface area contributed by atoms with Crippen LogP contribution in [-0.4, -0.2) is 87.4 Å². The van der Waals surface area contributed by atoms with E-state index in [9.17, 15) is 26.4 Å². The Morgan fingerprint density at radius 2 is 1.05 bits per heavy atom. The van der Waals surface area contributed by atoms with Crippen molar-refractivity contribution in [2.75, 3.05) is 0 Å². The summed E-state index contributed by atoms with van der Waals surface area (Å²) in [5.41, 5.74) is 18.0. The first-order valence-electron chi connectivity index (χ1n) is 20.5. The Bertz CT molecular complexity index is 2980. The fourth-order valence-corrected chi connectivity index (χ4v) is 9.17. The van der Waals surface area contributed by atoms with E-state index in [2.05, 4.69) is 57.7 Å². The van der Waals surface area contributed by atoms with Crippen molar-refractivity contribution in [3.8, 4) is 22.8 Å². The van der Waals surface area contributed by atoms with Gasteiger partial charge in [-0.2, -0.15) is 0 Å². The summed E-state index contributed by atoms with van der Waals surface area (Å²) in [6.45, 7) is 8.05. The van der Waals surface area contributed by atoms with Crippen molar-refractivity contribution in [2.24, 2.45) is 11.5 Å². The topological polar surface area (TPSA) is 280 Å². The molecule has 2 aliphatic rings. The summed E-state index contributed by atoms with van der Waals surface area (Å²) < 4.78 is 56.4. The lowest BCUT2D eigenvalue weighted by Crippen LogP contribution is -2.30. The van der Waals surface area contributed by atoms with Crippen LogP contribution in [0.25, 0.3) is 40.7 Å². The largest absolute Gasteiger partial charge is 0.488 e. The molecule has 8 N–H and O–H groups in total. The molecule has 66 heavy (non-hydrogen) atoms. The molecule has 2 amide bonds. The van der Waals surface area contributed by atoms with Crippen molar-refractivity contribution in [3.63, 3.8) is 0 Å². The molecular formula is C44H48BBrN10O8S2. The Hall–Kier alpha value is -6.14. The van der Waals surface area contributed by atoms with Gasteiger partial charge in [0.05, 0.1) is 21.6 Å². The number of hydrogen-bond acceptors (Lipinski definition) is 12. The molecule has 2 heterocycles. The summed E-state index contributed by atoms with van der Waals surface area (Å²) >= 11 is 3.07. The zero-order valence-electron chi connectivity index (χ0n) is 36.3. The average Bonchev–Trinajstić information content (AvgIpc) is 4.14. The third-order valence-corrected chi connectivity index (χ3v) is 13.4. The molecule has 0 bridgehead atoms. The number of carbonyl (C=O) groups is 2. The van der Waals surface area contributed by atoms with Crippen molar-refractivity contribution in [2.45, 2.75) is 75.3 Å². The zero-order chi connectivity index (χ0) is 47.9. The highest BCUT2D eigenvalue weighted by Gasteiger charge is 2.29. The van der Waals surface area contributed by atoms with Crippen LogP contribution in [-0.2, 0) is 29.6 Å². The molecule has 0 aliphatic heterocycles. The number of benzene rings is 4. The van der Waals surface area contributed by atoms with E-state index in [1.54, 1.807) is 12.1 Å². The van der Waals surface area contributed by atoms with Gasteiger partial charge in [0.15, 0.2) is 11.6 Å². The second kappa shape index (κ2) is 21.0. The lowest BCUT2D eigenvalue weighted by molar-refractivity contribution is -0.114. The number of halogens is 1. The predicted molar refractivity (Wildman–Crippen MR) is 255 cm³/mol. The van der Waals surface area contributed by atoms with Crippen LogP contribution in [0.1, 0.15) is 53.5 Å². The highest BCUT2D eigenvalue weighted by Crippen LogP contribution is 2.25. The first-order valence-corrected chi connectivity index (χ1v) is 24.2. The number of hydrogen-bond donors (Lipinski definition) is 6. The Morgan fingerprint density at radius 3 is 1.41 bits per heavy atom. The molecule has 0 radical (unpaired) electrons. The minimum absolute atomic E-state index is 0.0180. The van der Waals surface area contributed by atoms with Crippen LogP contribution < -0.4 is 26.4 Å². The summed E-state index contributed by atoms with van der Waals surface area (Å²) in [7, 11) is -8.59. The van der Waals surface area contributed by atoms with Gasteiger partial charge >= 0.3 is 7.12 Å². The second-order valence-electron chi connectivity index (χ2n) is 15.9. The maximum Gasteiger partial charge on any atom is 0.488 e. The van der Waals surface area contributed by atoms with Crippen molar-refractivity contribution >= 4 is 78.3 Å². The van der Waals surface area contributed by atoms with E-state index in [-0.39, 0.29) is 37.4 Å². The number of nitrogens with two attached hydrogens (primary N) is 2. The van der Waals surface area contributed by atoms with Crippen LogP contribution in [0.4, 0.5) is 0 Å². The first kappa shape index (κ1) is 49.3. The SMILES string of the molecule is Cc1cc(C)cc(-c2ncn(/C=C(/C(N)=O)c3ccc(S(=O)(=O)NC4CC4)cc3)n2)c1.Cc1cc(C)cc(-c2ncn(/C=C(\Br)C(N)=O)n2)c1.O=S(=O)(NC1CC1)c1ccc(B(O)O)cc1. The van der Waals surface area contributed by atoms with E-state index < -0.39 is 39.0 Å². The second-order valence-corrected chi connectivity index (χ2v) is 20.1. The summed E-state index contributed by atoms with van der Waals surface area (Å²) in [5, 5.41) is 26.4. The zero-order valence-corrected chi connectivity index (χ0v) is 39.5. The molecule has 0 unspecified atom stereocenters. The highest BCUT2D eigenvalue weighted by molar-refractivity contribution is 9.12. The maximum absolute atomic E-state index is 12.3. The predicted octanol–water partition coefficient (Wildman–Crippen LogP) is 3.53. The van der Waals surface area contributed by atoms with Crippen LogP contribution in [0.15, 0.2) is 112 Å². The van der Waals surface area contributed by atoms with Gasteiger partial charge in [0.1, 0.15) is 17.1 Å². The molecular weight excluding hydrogens is 951 g/mol. The molecule has 0 atom stereocenters. The molecule has 2 aliphatic carbocycles. The molecule has 0 saturated heterocycles. The third kappa shape index (κ3) is 13.9. The van der Waals surface area contributed by atoms with Gasteiger partial charge in [-0.1, -0.05) is 58.7 Å². The lowest BCUT2D eigenvalue weighted by atomic mass is 9.81. The Labute approximate surface area is 391 Å². The fraction of sp³-hybridized carbons (Fsp3) is 0.227. The number of amides is 2. The lowest BCUT2D eigenvalue weighted by Gasteiger charge is -2.08. The van der Waals surface area contributed by atoms with Crippen molar-refractivity contribution < 1.29 is 36.5 Å². The molecule has 6 aromatic rings. The van der Waals surface area contributed by atoms with Gasteiger partial charge in [-0.15, -0.1) is 10.2 Å². The Kier molecular flexibility index (Phi) is 15.7. The van der Waals surface area contributed by atoms with Gasteiger partial charge in [0, 0.05) is 29.4 Å². The Balaban J connectivity index is 0.000000176. The number of primary amides is 2. The van der Waals surface area contributed by atoms with Gasteiger partial charge in [-0.3, -0.25) is 9.59 Å². The monoisotopic (exact) mass is 998 g/mol. The average molecular weight is 1000 g/mol. The molecule has 0 spiro atoms. The van der Waals surface area contributed by atoms with E-state index in [4.69, 9.17) is 21.5 Å². The van der Waals surface area contributed by atoms with E-state index in [1.807, 2.05) is 52.0 Å². The highest BCUT2D eigenvalue weighted by atomic mass is 79.9. The van der Waals surface area contributed by atoms with Crippen LogP contribution in [0.5, 0.6) is 0 Å². The summed E-state index contributed by atoms with van der Waals surface area (Å²) in [6, 6.07) is 23.7. The number of sulfonamides is 2. The fourth-order valence-electron chi connectivity index (χ4n) is 6.35. The number of nitrogens with one attached hydrogen (secondary N) is 2. The Morgan fingerprint density at radius 1 is 0.652 bits per heavy atom. The van der Waals surface area contributed by atoms with Crippen LogP contribution in [0.3, 0.4) is 0 Å². The van der Waals surface area contributed by atoms with E-state index in [0.717, 1.165) is 59.1 Å². The number of nitrogens with zero attached hydrogens (tertiary/aromatic N) is 6. The minimum atomic E-state index is -3.57. The van der Waals surface area contributed by atoms with Crippen molar-refractivity contribution in [3.05, 3.63) is 130 Å². The van der Waals surface area contributed by atoms with Gasteiger partial charge in [0.2, 0.25) is 20.0 Å². The molecule has 4 aromatic carbocycles. The first-order chi connectivity index (χ1) is 31.1. The van der Waals surface area contributed by atoms with E-state index in [1.165, 1.54) is 70.8 Å². The van der Waals surface area contributed by atoms with E-state index in [0.29, 0.717) is 17.2 Å². The van der Waals surface area contributed by atoms with Crippen molar-refractivity contribution in [1.82, 2.24) is 39.0 Å². The molecule has 8 rings (SSSR count).